The number of ether oxygens (including phenoxy) is 1. The van der Waals surface area contributed by atoms with Gasteiger partial charge in [-0.15, -0.1) is 10.2 Å². The predicted octanol–water partition coefficient (Wildman–Crippen LogP) is 3.71. The number of aryl methyl sites for hydroxylation is 1. The average molecular weight is 408 g/mol. The molecule has 1 saturated heterocycles. The molecule has 2 aliphatic rings. The van der Waals surface area contributed by atoms with Crippen molar-refractivity contribution in [3.8, 4) is 17.0 Å². The third-order valence-corrected chi connectivity index (χ3v) is 5.52. The molecular weight excluding hydrogens is 385 g/mol. The van der Waals surface area contributed by atoms with Crippen molar-refractivity contribution >= 4 is 5.82 Å². The minimum Gasteiger partial charge on any atom is -0.507 e. The van der Waals surface area contributed by atoms with Crippen LogP contribution in [0.25, 0.3) is 11.3 Å². The van der Waals surface area contributed by atoms with E-state index < -0.39 is 17.5 Å². The standard InChI is InChI=1S/C20H23F3N4O2/c1-11-6-12(20(21,22)23)7-16(28)17(11)18-14-9-29-10-15(14)19(26-25-18)24-13-4-3-5-27(2)8-13/h6-7,13,28H,3-5,8-10H2,1-2H3,(H,24,26)/t13-/m1/s1. The summed E-state index contributed by atoms with van der Waals surface area (Å²) in [5.41, 5.74) is 1.63. The number of phenols is 1. The summed E-state index contributed by atoms with van der Waals surface area (Å²) in [7, 11) is 2.08. The third-order valence-electron chi connectivity index (χ3n) is 5.52. The van der Waals surface area contributed by atoms with Crippen LogP contribution >= 0.6 is 0 Å². The van der Waals surface area contributed by atoms with Crippen molar-refractivity contribution in [3.05, 3.63) is 34.4 Å². The molecule has 0 aliphatic carbocycles. The van der Waals surface area contributed by atoms with Gasteiger partial charge in [0, 0.05) is 29.3 Å². The summed E-state index contributed by atoms with van der Waals surface area (Å²) >= 11 is 0. The molecule has 2 aliphatic heterocycles. The van der Waals surface area contributed by atoms with Crippen LogP contribution in [0.5, 0.6) is 5.75 Å². The number of hydrogen-bond acceptors (Lipinski definition) is 6. The zero-order valence-corrected chi connectivity index (χ0v) is 16.3. The Bertz CT molecular complexity index is 910. The summed E-state index contributed by atoms with van der Waals surface area (Å²) in [6.45, 7) is 4.12. The zero-order valence-electron chi connectivity index (χ0n) is 16.3. The Balaban J connectivity index is 1.71. The average Bonchev–Trinajstić information content (AvgIpc) is 3.12. The largest absolute Gasteiger partial charge is 0.507 e. The van der Waals surface area contributed by atoms with E-state index >= 15 is 0 Å². The van der Waals surface area contributed by atoms with Crippen molar-refractivity contribution in [1.82, 2.24) is 15.1 Å². The van der Waals surface area contributed by atoms with Crippen molar-refractivity contribution < 1.29 is 23.0 Å². The van der Waals surface area contributed by atoms with E-state index in [-0.39, 0.29) is 23.8 Å². The van der Waals surface area contributed by atoms with Crippen LogP contribution in [0.3, 0.4) is 0 Å². The SMILES string of the molecule is Cc1cc(C(F)(F)F)cc(O)c1-c1nnc(N[C@@H]2CCCN(C)C2)c2c1COC2. The van der Waals surface area contributed by atoms with E-state index in [4.69, 9.17) is 4.74 Å². The predicted molar refractivity (Wildman–Crippen MR) is 102 cm³/mol. The monoisotopic (exact) mass is 408 g/mol. The van der Waals surface area contributed by atoms with E-state index in [0.29, 0.717) is 18.1 Å². The highest BCUT2D eigenvalue weighted by molar-refractivity contribution is 5.76. The molecule has 1 fully saturated rings. The van der Waals surface area contributed by atoms with Crippen molar-refractivity contribution in [3.63, 3.8) is 0 Å². The van der Waals surface area contributed by atoms with Crippen LogP contribution in [0.15, 0.2) is 12.1 Å². The van der Waals surface area contributed by atoms with Gasteiger partial charge in [0.05, 0.1) is 18.8 Å². The number of benzene rings is 1. The van der Waals surface area contributed by atoms with Crippen LogP contribution < -0.4 is 5.32 Å². The van der Waals surface area contributed by atoms with Crippen molar-refractivity contribution in [2.24, 2.45) is 0 Å². The Morgan fingerprint density at radius 3 is 2.66 bits per heavy atom. The molecule has 2 N–H and O–H groups in total. The fourth-order valence-corrected chi connectivity index (χ4v) is 4.11. The van der Waals surface area contributed by atoms with Crippen molar-refractivity contribution in [2.45, 2.75) is 45.2 Å². The summed E-state index contributed by atoms with van der Waals surface area (Å²) in [5.74, 6) is 0.181. The van der Waals surface area contributed by atoms with Crippen LogP contribution in [0.4, 0.5) is 19.0 Å². The summed E-state index contributed by atoms with van der Waals surface area (Å²) in [6, 6.07) is 2.00. The summed E-state index contributed by atoms with van der Waals surface area (Å²) in [4.78, 5) is 2.25. The van der Waals surface area contributed by atoms with E-state index in [1.807, 2.05) is 0 Å². The molecule has 0 unspecified atom stereocenters. The molecule has 4 rings (SSSR count). The first-order valence-corrected chi connectivity index (χ1v) is 9.56. The molecule has 6 nitrogen and oxygen atoms in total. The van der Waals surface area contributed by atoms with Gasteiger partial charge in [-0.05, 0) is 51.1 Å². The number of likely N-dealkylation sites (tertiary alicyclic amines) is 1. The maximum atomic E-state index is 13.0. The molecule has 1 atom stereocenters. The van der Waals surface area contributed by atoms with Gasteiger partial charge in [-0.25, -0.2) is 0 Å². The van der Waals surface area contributed by atoms with Gasteiger partial charge in [-0.1, -0.05) is 0 Å². The van der Waals surface area contributed by atoms with Gasteiger partial charge in [0.25, 0.3) is 0 Å². The highest BCUT2D eigenvalue weighted by Gasteiger charge is 2.33. The van der Waals surface area contributed by atoms with E-state index in [1.54, 1.807) is 0 Å². The molecule has 2 aromatic rings. The second-order valence-corrected chi connectivity index (χ2v) is 7.78. The van der Waals surface area contributed by atoms with Crippen molar-refractivity contribution in [2.75, 3.05) is 25.5 Å². The van der Waals surface area contributed by atoms with Crippen LogP contribution in [0.1, 0.15) is 35.1 Å². The van der Waals surface area contributed by atoms with Crippen LogP contribution in [-0.2, 0) is 24.1 Å². The lowest BCUT2D eigenvalue weighted by molar-refractivity contribution is -0.137. The Hall–Kier alpha value is -2.39. The first-order chi connectivity index (χ1) is 13.7. The van der Waals surface area contributed by atoms with Crippen molar-refractivity contribution in [1.29, 1.82) is 0 Å². The number of alkyl halides is 3. The Morgan fingerprint density at radius 2 is 1.97 bits per heavy atom. The minimum atomic E-state index is -4.53. The topological polar surface area (TPSA) is 70.5 Å². The molecule has 9 heteroatoms. The molecule has 1 aromatic carbocycles. The van der Waals surface area contributed by atoms with E-state index in [0.717, 1.165) is 49.2 Å². The molecule has 0 spiro atoms. The maximum Gasteiger partial charge on any atom is 0.416 e. The molecule has 1 aromatic heterocycles. The molecular formula is C20H23F3N4O2. The van der Waals surface area contributed by atoms with Gasteiger partial charge in [0.1, 0.15) is 11.4 Å². The van der Waals surface area contributed by atoms with Crippen LogP contribution in [0.2, 0.25) is 0 Å². The molecule has 0 amide bonds. The number of piperidine rings is 1. The number of phenolic OH excluding ortho intramolecular Hbond substituents is 1. The second kappa shape index (κ2) is 7.46. The molecule has 0 saturated carbocycles. The molecule has 0 radical (unpaired) electrons. The van der Waals surface area contributed by atoms with Crippen LogP contribution in [0, 0.1) is 6.92 Å². The number of aromatic nitrogens is 2. The van der Waals surface area contributed by atoms with Crippen LogP contribution in [-0.4, -0.2) is 46.4 Å². The van der Waals surface area contributed by atoms with Gasteiger partial charge in [-0.2, -0.15) is 13.2 Å². The third kappa shape index (κ3) is 3.89. The second-order valence-electron chi connectivity index (χ2n) is 7.78. The lowest BCUT2D eigenvalue weighted by atomic mass is 9.96. The van der Waals surface area contributed by atoms with Gasteiger partial charge >= 0.3 is 6.18 Å². The smallest absolute Gasteiger partial charge is 0.416 e. The lowest BCUT2D eigenvalue weighted by Gasteiger charge is -2.30. The number of aromatic hydroxyl groups is 1. The van der Waals surface area contributed by atoms with E-state index in [2.05, 4.69) is 27.5 Å². The fourth-order valence-electron chi connectivity index (χ4n) is 4.11. The molecule has 0 bridgehead atoms. The zero-order chi connectivity index (χ0) is 20.8. The number of nitrogens with one attached hydrogen (secondary N) is 1. The fraction of sp³-hybridized carbons (Fsp3) is 0.500. The number of anilines is 1. The summed E-state index contributed by atoms with van der Waals surface area (Å²) < 4.78 is 44.7. The number of hydrogen-bond donors (Lipinski definition) is 2. The number of fused-ring (bicyclic) bond motifs is 1. The Morgan fingerprint density at radius 1 is 1.21 bits per heavy atom. The number of likely N-dealkylation sites (N-methyl/N-ethyl adjacent to an activating group) is 1. The first-order valence-electron chi connectivity index (χ1n) is 9.56. The Labute approximate surface area is 166 Å². The molecule has 29 heavy (non-hydrogen) atoms. The number of halogens is 3. The number of nitrogens with zero attached hydrogens (tertiary/aromatic N) is 3. The highest BCUT2D eigenvalue weighted by atomic mass is 19.4. The van der Waals surface area contributed by atoms with Gasteiger partial charge in [0.2, 0.25) is 0 Å². The van der Waals surface area contributed by atoms with Gasteiger partial charge in [-0.3, -0.25) is 0 Å². The van der Waals surface area contributed by atoms with E-state index in [1.165, 1.54) is 6.92 Å². The van der Waals surface area contributed by atoms with Gasteiger partial charge in [0.15, 0.2) is 5.82 Å². The van der Waals surface area contributed by atoms with E-state index in [9.17, 15) is 18.3 Å². The number of rotatable bonds is 3. The quantitative estimate of drug-likeness (QED) is 0.807. The highest BCUT2D eigenvalue weighted by Crippen LogP contribution is 2.41. The summed E-state index contributed by atoms with van der Waals surface area (Å²) in [5, 5.41) is 22.4. The molecule has 3 heterocycles. The Kier molecular flexibility index (Phi) is 5.12. The maximum absolute atomic E-state index is 13.0. The minimum absolute atomic E-state index is 0.250. The summed E-state index contributed by atoms with van der Waals surface area (Å²) in [6.07, 6.45) is -2.41. The first kappa shape index (κ1) is 19.9. The normalized spacial score (nSPS) is 20.0. The van der Waals surface area contributed by atoms with Gasteiger partial charge < -0.3 is 20.1 Å². The molecule has 156 valence electrons. The lowest BCUT2D eigenvalue weighted by Crippen LogP contribution is -2.40.